The molecule has 0 saturated carbocycles. The smallest absolute Gasteiger partial charge is 0.326 e. The van der Waals surface area contributed by atoms with Crippen molar-refractivity contribution in [3.63, 3.8) is 0 Å². The fourth-order valence-corrected chi connectivity index (χ4v) is 1.40. The van der Waals surface area contributed by atoms with Crippen LogP contribution >= 0.6 is 0 Å². The summed E-state index contributed by atoms with van der Waals surface area (Å²) < 4.78 is 5.23. The van der Waals surface area contributed by atoms with Crippen LogP contribution in [-0.2, 0) is 9.59 Å². The molecule has 2 N–H and O–H groups in total. The highest BCUT2D eigenvalue weighted by atomic mass is 16.5. The molecule has 0 radical (unpaired) electrons. The fraction of sp³-hybridized carbons (Fsp3) is 0.286. The summed E-state index contributed by atoms with van der Waals surface area (Å²) in [5, 5.41) is 11.4. The molecule has 1 aromatic rings. The zero-order chi connectivity index (χ0) is 14.1. The summed E-state index contributed by atoms with van der Waals surface area (Å²) in [5.41, 5.74) is 0. The SMILES string of the molecule is C/C=C/CC(NC(=O)COc1ccccc1)C(=O)O. The summed E-state index contributed by atoms with van der Waals surface area (Å²) in [6.07, 6.45) is 3.68. The van der Waals surface area contributed by atoms with E-state index in [1.165, 1.54) is 0 Å². The Hall–Kier alpha value is -2.30. The quantitative estimate of drug-likeness (QED) is 0.733. The number of carbonyl (C=O) groups excluding carboxylic acids is 1. The number of hydrogen-bond acceptors (Lipinski definition) is 3. The van der Waals surface area contributed by atoms with Gasteiger partial charge in [0, 0.05) is 0 Å². The first-order valence-electron chi connectivity index (χ1n) is 5.94. The minimum atomic E-state index is -1.06. The highest BCUT2D eigenvalue weighted by Gasteiger charge is 2.18. The summed E-state index contributed by atoms with van der Waals surface area (Å²) in [7, 11) is 0. The Balaban J connectivity index is 2.42. The Labute approximate surface area is 111 Å². The van der Waals surface area contributed by atoms with E-state index in [0.29, 0.717) is 5.75 Å². The van der Waals surface area contributed by atoms with Gasteiger partial charge in [-0.3, -0.25) is 4.79 Å². The lowest BCUT2D eigenvalue weighted by Gasteiger charge is -2.13. The van der Waals surface area contributed by atoms with E-state index in [1.54, 1.807) is 43.3 Å². The van der Waals surface area contributed by atoms with Gasteiger partial charge < -0.3 is 15.2 Å². The molecule has 0 saturated heterocycles. The lowest BCUT2D eigenvalue weighted by molar-refractivity contribution is -0.142. The Morgan fingerprint density at radius 1 is 1.37 bits per heavy atom. The third-order valence-electron chi connectivity index (χ3n) is 2.35. The molecule has 0 heterocycles. The lowest BCUT2D eigenvalue weighted by Crippen LogP contribution is -2.42. The zero-order valence-corrected chi connectivity index (χ0v) is 10.7. The van der Waals surface area contributed by atoms with Crippen LogP contribution in [-0.4, -0.2) is 29.6 Å². The van der Waals surface area contributed by atoms with Gasteiger partial charge >= 0.3 is 5.97 Å². The van der Waals surface area contributed by atoms with E-state index in [-0.39, 0.29) is 13.0 Å². The van der Waals surface area contributed by atoms with E-state index in [1.807, 2.05) is 6.07 Å². The van der Waals surface area contributed by atoms with Crippen molar-refractivity contribution in [3.05, 3.63) is 42.5 Å². The van der Waals surface area contributed by atoms with Gasteiger partial charge in [0.25, 0.3) is 5.91 Å². The monoisotopic (exact) mass is 263 g/mol. The first-order chi connectivity index (χ1) is 9.13. The number of carboxylic acids is 1. The van der Waals surface area contributed by atoms with E-state index >= 15 is 0 Å². The molecule has 0 aliphatic rings. The molecule has 5 nitrogen and oxygen atoms in total. The van der Waals surface area contributed by atoms with Crippen molar-refractivity contribution in [1.29, 1.82) is 0 Å². The number of carbonyl (C=O) groups is 2. The molecule has 0 fully saturated rings. The number of aliphatic carboxylic acids is 1. The Bertz CT molecular complexity index is 442. The Morgan fingerprint density at radius 3 is 2.63 bits per heavy atom. The van der Waals surface area contributed by atoms with Crippen molar-refractivity contribution in [3.8, 4) is 5.75 Å². The number of nitrogens with one attached hydrogen (secondary N) is 1. The Kier molecular flexibility index (Phi) is 6.15. The van der Waals surface area contributed by atoms with E-state index in [9.17, 15) is 9.59 Å². The van der Waals surface area contributed by atoms with E-state index in [0.717, 1.165) is 0 Å². The van der Waals surface area contributed by atoms with Gasteiger partial charge in [0.15, 0.2) is 6.61 Å². The van der Waals surface area contributed by atoms with Crippen LogP contribution < -0.4 is 10.1 Å². The van der Waals surface area contributed by atoms with Gasteiger partial charge in [0.1, 0.15) is 11.8 Å². The van der Waals surface area contributed by atoms with Crippen molar-refractivity contribution in [2.24, 2.45) is 0 Å². The van der Waals surface area contributed by atoms with Crippen LogP contribution in [0.5, 0.6) is 5.75 Å². The van der Waals surface area contributed by atoms with Crippen LogP contribution in [0.25, 0.3) is 0 Å². The summed E-state index contributed by atoms with van der Waals surface area (Å²) >= 11 is 0. The maximum absolute atomic E-state index is 11.6. The molecule has 0 aliphatic carbocycles. The number of ether oxygens (including phenoxy) is 1. The average Bonchev–Trinajstić information content (AvgIpc) is 2.42. The Morgan fingerprint density at radius 2 is 2.05 bits per heavy atom. The molecule has 0 bridgehead atoms. The van der Waals surface area contributed by atoms with Crippen LogP contribution in [0, 0.1) is 0 Å². The van der Waals surface area contributed by atoms with Crippen LogP contribution in [0.15, 0.2) is 42.5 Å². The number of amides is 1. The summed E-state index contributed by atoms with van der Waals surface area (Å²) in [4.78, 5) is 22.5. The van der Waals surface area contributed by atoms with Gasteiger partial charge in [0.2, 0.25) is 0 Å². The number of rotatable bonds is 7. The predicted molar refractivity (Wildman–Crippen MR) is 70.9 cm³/mol. The molecule has 19 heavy (non-hydrogen) atoms. The predicted octanol–water partition coefficient (Wildman–Crippen LogP) is 1.60. The maximum atomic E-state index is 11.6. The van der Waals surface area contributed by atoms with E-state index in [4.69, 9.17) is 9.84 Å². The highest BCUT2D eigenvalue weighted by molar-refractivity contribution is 5.84. The standard InChI is InChI=1S/C14H17NO4/c1-2-3-9-12(14(17)18)15-13(16)10-19-11-7-5-4-6-8-11/h2-8,12H,9-10H2,1H3,(H,15,16)(H,17,18)/b3-2+. The fourth-order valence-electron chi connectivity index (χ4n) is 1.40. The van der Waals surface area contributed by atoms with Gasteiger partial charge in [-0.05, 0) is 25.5 Å². The first kappa shape index (κ1) is 14.8. The molecular weight excluding hydrogens is 246 g/mol. The normalized spacial score (nSPS) is 12.1. The summed E-state index contributed by atoms with van der Waals surface area (Å²) in [5.74, 6) is -0.954. The molecule has 1 amide bonds. The van der Waals surface area contributed by atoms with E-state index < -0.39 is 17.9 Å². The molecule has 1 unspecified atom stereocenters. The van der Waals surface area contributed by atoms with Gasteiger partial charge in [0.05, 0.1) is 0 Å². The van der Waals surface area contributed by atoms with Crippen LogP contribution in [0.4, 0.5) is 0 Å². The van der Waals surface area contributed by atoms with Gasteiger partial charge in [-0.1, -0.05) is 30.4 Å². The van der Waals surface area contributed by atoms with E-state index in [2.05, 4.69) is 5.32 Å². The van der Waals surface area contributed by atoms with Crippen molar-refractivity contribution in [1.82, 2.24) is 5.32 Å². The largest absolute Gasteiger partial charge is 0.484 e. The number of carboxylic acid groups (broad SMARTS) is 1. The molecule has 1 atom stereocenters. The van der Waals surface area contributed by atoms with Gasteiger partial charge in [-0.2, -0.15) is 0 Å². The number of hydrogen-bond donors (Lipinski definition) is 2. The molecule has 0 aromatic heterocycles. The summed E-state index contributed by atoms with van der Waals surface area (Å²) in [6, 6.07) is 7.94. The third kappa shape index (κ3) is 5.72. The second-order valence-electron chi connectivity index (χ2n) is 3.86. The molecule has 1 aromatic carbocycles. The number of allylic oxidation sites excluding steroid dienone is 1. The second-order valence-corrected chi connectivity index (χ2v) is 3.86. The van der Waals surface area contributed by atoms with Crippen molar-refractivity contribution in [2.45, 2.75) is 19.4 Å². The molecule has 0 aliphatic heterocycles. The average molecular weight is 263 g/mol. The number of para-hydroxylation sites is 1. The topological polar surface area (TPSA) is 75.6 Å². The third-order valence-corrected chi connectivity index (χ3v) is 2.35. The summed E-state index contributed by atoms with van der Waals surface area (Å²) in [6.45, 7) is 1.59. The second kappa shape index (κ2) is 7.92. The molecule has 1 rings (SSSR count). The minimum absolute atomic E-state index is 0.205. The van der Waals surface area contributed by atoms with Gasteiger partial charge in [-0.25, -0.2) is 4.79 Å². The molecule has 5 heteroatoms. The maximum Gasteiger partial charge on any atom is 0.326 e. The highest BCUT2D eigenvalue weighted by Crippen LogP contribution is 2.07. The van der Waals surface area contributed by atoms with Crippen LogP contribution in [0.2, 0.25) is 0 Å². The van der Waals surface area contributed by atoms with Gasteiger partial charge in [-0.15, -0.1) is 0 Å². The van der Waals surface area contributed by atoms with Crippen molar-refractivity contribution < 1.29 is 19.4 Å². The van der Waals surface area contributed by atoms with Crippen LogP contribution in [0.1, 0.15) is 13.3 Å². The lowest BCUT2D eigenvalue weighted by atomic mass is 10.2. The molecular formula is C14H17NO4. The zero-order valence-electron chi connectivity index (χ0n) is 10.7. The molecule has 102 valence electrons. The molecule has 0 spiro atoms. The minimum Gasteiger partial charge on any atom is -0.484 e. The van der Waals surface area contributed by atoms with Crippen molar-refractivity contribution in [2.75, 3.05) is 6.61 Å². The number of benzene rings is 1. The van der Waals surface area contributed by atoms with Crippen molar-refractivity contribution >= 4 is 11.9 Å². The first-order valence-corrected chi connectivity index (χ1v) is 5.94. The van der Waals surface area contributed by atoms with Crippen LogP contribution in [0.3, 0.4) is 0 Å².